The number of aryl methyl sites for hydroxylation is 1. The highest BCUT2D eigenvalue weighted by molar-refractivity contribution is 5.73. The van der Waals surface area contributed by atoms with Gasteiger partial charge in [-0.15, -0.1) is 0 Å². The van der Waals surface area contributed by atoms with Gasteiger partial charge in [0.15, 0.2) is 0 Å². The van der Waals surface area contributed by atoms with E-state index in [-0.39, 0.29) is 11.7 Å². The van der Waals surface area contributed by atoms with E-state index < -0.39 is 0 Å². The monoisotopic (exact) mass is 442 g/mol. The third-order valence-corrected chi connectivity index (χ3v) is 5.54. The fourth-order valence-corrected chi connectivity index (χ4v) is 3.66. The van der Waals surface area contributed by atoms with Gasteiger partial charge in [-0.25, -0.2) is 9.07 Å². The molecule has 0 saturated carbocycles. The van der Waals surface area contributed by atoms with E-state index in [0.29, 0.717) is 13.1 Å². The largest absolute Gasteiger partial charge is 0.381 e. The minimum Gasteiger partial charge on any atom is -0.381 e. The highest BCUT2D eigenvalue weighted by Crippen LogP contribution is 2.26. The minimum atomic E-state index is -0.276. The van der Waals surface area contributed by atoms with Crippen LogP contribution >= 0.6 is 0 Å². The number of hydrogen-bond acceptors (Lipinski definition) is 3. The topological polar surface area (TPSA) is 50.2 Å². The van der Waals surface area contributed by atoms with E-state index in [1.165, 1.54) is 12.1 Å². The Balaban J connectivity index is 1.61. The Labute approximate surface area is 193 Å². The molecule has 168 valence electrons. The third-order valence-electron chi connectivity index (χ3n) is 5.54. The molecule has 0 fully saturated rings. The molecule has 6 heteroatoms. The molecule has 5 nitrogen and oxygen atoms in total. The maximum atomic E-state index is 13.4. The zero-order valence-corrected chi connectivity index (χ0v) is 19.0. The number of nitrogens with one attached hydrogen (secondary N) is 1. The molecule has 0 spiro atoms. The summed E-state index contributed by atoms with van der Waals surface area (Å²) in [6.45, 7) is 4.74. The Morgan fingerprint density at radius 2 is 1.82 bits per heavy atom. The summed E-state index contributed by atoms with van der Waals surface area (Å²) in [5.74, 6) is -0.244. The lowest BCUT2D eigenvalue weighted by Gasteiger charge is -2.15. The molecule has 0 unspecified atom stereocenters. The minimum absolute atomic E-state index is 0.0318. The fraction of sp³-hybridized carbons (Fsp3) is 0.185. The van der Waals surface area contributed by atoms with Crippen molar-refractivity contribution in [2.24, 2.45) is 0 Å². The van der Waals surface area contributed by atoms with Gasteiger partial charge in [0.05, 0.1) is 11.4 Å². The van der Waals surface area contributed by atoms with Crippen molar-refractivity contribution in [3.8, 4) is 16.9 Å². The van der Waals surface area contributed by atoms with Crippen LogP contribution in [0.3, 0.4) is 0 Å². The highest BCUT2D eigenvalue weighted by Gasteiger charge is 2.13. The second kappa shape index (κ2) is 9.69. The molecule has 4 rings (SSSR count). The zero-order chi connectivity index (χ0) is 23.4. The summed E-state index contributed by atoms with van der Waals surface area (Å²) in [5.41, 5.74) is 6.91. The van der Waals surface area contributed by atoms with Crippen LogP contribution in [-0.2, 0) is 17.9 Å². The van der Waals surface area contributed by atoms with Crippen molar-refractivity contribution >= 4 is 11.6 Å². The predicted octanol–water partition coefficient (Wildman–Crippen LogP) is 5.58. The van der Waals surface area contributed by atoms with Crippen molar-refractivity contribution in [2.45, 2.75) is 26.9 Å². The first-order valence-electron chi connectivity index (χ1n) is 10.8. The molecule has 4 aromatic rings. The van der Waals surface area contributed by atoms with Crippen molar-refractivity contribution in [1.29, 1.82) is 0 Å². The van der Waals surface area contributed by atoms with Gasteiger partial charge in [0.25, 0.3) is 0 Å². The van der Waals surface area contributed by atoms with Crippen molar-refractivity contribution in [3.05, 3.63) is 102 Å². The first kappa shape index (κ1) is 22.3. The first-order chi connectivity index (χ1) is 15.9. The van der Waals surface area contributed by atoms with Gasteiger partial charge < -0.3 is 10.2 Å². The van der Waals surface area contributed by atoms with Crippen LogP contribution in [0.2, 0.25) is 0 Å². The maximum Gasteiger partial charge on any atom is 0.219 e. The Morgan fingerprint density at radius 3 is 2.55 bits per heavy atom. The van der Waals surface area contributed by atoms with Crippen LogP contribution < -0.4 is 5.32 Å². The van der Waals surface area contributed by atoms with Crippen LogP contribution in [0.25, 0.3) is 16.9 Å². The van der Waals surface area contributed by atoms with E-state index in [2.05, 4.69) is 30.4 Å². The summed E-state index contributed by atoms with van der Waals surface area (Å²) in [6, 6.07) is 22.6. The molecule has 3 aromatic carbocycles. The number of anilines is 1. The quantitative estimate of drug-likeness (QED) is 0.407. The predicted molar refractivity (Wildman–Crippen MR) is 130 cm³/mol. The summed E-state index contributed by atoms with van der Waals surface area (Å²) in [4.78, 5) is 13.2. The lowest BCUT2D eigenvalue weighted by atomic mass is 10.1. The van der Waals surface area contributed by atoms with E-state index in [9.17, 15) is 9.18 Å². The fourth-order valence-electron chi connectivity index (χ4n) is 3.66. The molecule has 0 aliphatic heterocycles. The lowest BCUT2D eigenvalue weighted by molar-refractivity contribution is -0.128. The Morgan fingerprint density at radius 1 is 1.06 bits per heavy atom. The SMILES string of the molecule is CC(=O)N(C)Cc1cccc(NCc2cn(-c3ccc(F)cc3)nc2-c2cccc(C)c2)c1. The second-order valence-corrected chi connectivity index (χ2v) is 8.22. The van der Waals surface area contributed by atoms with Crippen LogP contribution in [0.1, 0.15) is 23.6 Å². The van der Waals surface area contributed by atoms with Crippen molar-refractivity contribution in [1.82, 2.24) is 14.7 Å². The van der Waals surface area contributed by atoms with Crippen LogP contribution in [0.5, 0.6) is 0 Å². The molecule has 0 bridgehead atoms. The summed E-state index contributed by atoms with van der Waals surface area (Å²) >= 11 is 0. The number of nitrogens with zero attached hydrogens (tertiary/aromatic N) is 3. The summed E-state index contributed by atoms with van der Waals surface area (Å²) in [5, 5.41) is 8.31. The molecular formula is C27H27FN4O. The number of halogens is 1. The van der Waals surface area contributed by atoms with Crippen molar-refractivity contribution in [2.75, 3.05) is 12.4 Å². The number of amides is 1. The average Bonchev–Trinajstić information content (AvgIpc) is 3.23. The van der Waals surface area contributed by atoms with Gasteiger partial charge in [-0.05, 0) is 55.0 Å². The number of aromatic nitrogens is 2. The molecule has 0 saturated heterocycles. The second-order valence-electron chi connectivity index (χ2n) is 8.22. The maximum absolute atomic E-state index is 13.4. The molecule has 1 amide bonds. The van der Waals surface area contributed by atoms with Crippen LogP contribution in [0, 0.1) is 12.7 Å². The number of hydrogen-bond donors (Lipinski definition) is 1. The number of carbonyl (C=O) groups excluding carboxylic acids is 1. The molecule has 0 radical (unpaired) electrons. The number of benzene rings is 3. The normalized spacial score (nSPS) is 10.8. The number of carbonyl (C=O) groups is 1. The third kappa shape index (κ3) is 5.47. The molecular weight excluding hydrogens is 415 g/mol. The summed E-state index contributed by atoms with van der Waals surface area (Å²) in [6.07, 6.45) is 1.98. The van der Waals surface area contributed by atoms with Gasteiger partial charge >= 0.3 is 0 Å². The first-order valence-corrected chi connectivity index (χ1v) is 10.8. The molecule has 33 heavy (non-hydrogen) atoms. The Kier molecular flexibility index (Phi) is 6.54. The molecule has 1 aromatic heterocycles. The summed E-state index contributed by atoms with van der Waals surface area (Å²) < 4.78 is 15.2. The van der Waals surface area contributed by atoms with E-state index in [1.807, 2.05) is 36.5 Å². The van der Waals surface area contributed by atoms with Gasteiger partial charge in [-0.2, -0.15) is 5.10 Å². The molecule has 1 heterocycles. The van der Waals surface area contributed by atoms with E-state index in [4.69, 9.17) is 5.10 Å². The molecule has 1 N–H and O–H groups in total. The lowest BCUT2D eigenvalue weighted by Crippen LogP contribution is -2.23. The van der Waals surface area contributed by atoms with E-state index in [1.54, 1.807) is 35.7 Å². The van der Waals surface area contributed by atoms with Crippen LogP contribution in [0.15, 0.2) is 79.0 Å². The summed E-state index contributed by atoms with van der Waals surface area (Å²) in [7, 11) is 1.79. The standard InChI is InChI=1S/C27H27FN4O/c1-19-6-4-8-22(14-19)27-23(18-32(30-27)26-12-10-24(28)11-13-26)16-29-25-9-5-7-21(15-25)17-31(3)20(2)33/h4-15,18,29H,16-17H2,1-3H3. The zero-order valence-electron chi connectivity index (χ0n) is 19.0. The van der Waals surface area contributed by atoms with E-state index >= 15 is 0 Å². The van der Waals surface area contributed by atoms with Gasteiger partial charge in [-0.1, -0.05) is 35.9 Å². The van der Waals surface area contributed by atoms with Crippen LogP contribution in [-0.4, -0.2) is 27.6 Å². The van der Waals surface area contributed by atoms with Crippen LogP contribution in [0.4, 0.5) is 10.1 Å². The van der Waals surface area contributed by atoms with Crippen molar-refractivity contribution < 1.29 is 9.18 Å². The van der Waals surface area contributed by atoms with Crippen molar-refractivity contribution in [3.63, 3.8) is 0 Å². The number of rotatable bonds is 7. The molecule has 0 aliphatic rings. The highest BCUT2D eigenvalue weighted by atomic mass is 19.1. The van der Waals surface area contributed by atoms with Gasteiger partial charge in [0, 0.05) is 50.1 Å². The average molecular weight is 443 g/mol. The van der Waals surface area contributed by atoms with Gasteiger partial charge in [-0.3, -0.25) is 4.79 Å². The molecule has 0 aliphatic carbocycles. The smallest absolute Gasteiger partial charge is 0.219 e. The Bertz CT molecular complexity index is 1260. The van der Waals surface area contributed by atoms with Gasteiger partial charge in [0.2, 0.25) is 5.91 Å². The van der Waals surface area contributed by atoms with Gasteiger partial charge in [0.1, 0.15) is 5.82 Å². The Hall–Kier alpha value is -3.93. The molecule has 0 atom stereocenters. The van der Waals surface area contributed by atoms with E-state index in [0.717, 1.165) is 39.3 Å².